The topological polar surface area (TPSA) is 43.4 Å². The first-order valence-electron chi connectivity index (χ1n) is 4.37. The van der Waals surface area contributed by atoms with E-state index in [1.54, 1.807) is 0 Å². The van der Waals surface area contributed by atoms with E-state index < -0.39 is 0 Å². The Kier molecular flexibility index (Phi) is 1.21. The molecule has 1 aliphatic carbocycles. The Balaban J connectivity index is 2.09. The Hall–Kier alpha value is -1.22. The van der Waals surface area contributed by atoms with Gasteiger partial charge < -0.3 is 4.74 Å². The molecule has 1 fully saturated rings. The largest absolute Gasteiger partial charge is 0.365 e. The Morgan fingerprint density at radius 1 is 0.923 bits per heavy atom. The van der Waals surface area contributed by atoms with Gasteiger partial charge in [-0.3, -0.25) is 9.59 Å². The Labute approximate surface area is 75.1 Å². The molecule has 2 aliphatic heterocycles. The van der Waals surface area contributed by atoms with E-state index in [2.05, 4.69) is 0 Å². The fourth-order valence-electron chi connectivity index (χ4n) is 2.37. The van der Waals surface area contributed by atoms with Gasteiger partial charge in [0.1, 0.15) is 0 Å². The summed E-state index contributed by atoms with van der Waals surface area (Å²) in [5, 5.41) is 0. The molecule has 2 bridgehead atoms. The van der Waals surface area contributed by atoms with E-state index in [0.717, 1.165) is 0 Å². The maximum absolute atomic E-state index is 11.5. The number of allylic oxidation sites excluding steroid dienone is 2. The molecule has 4 unspecified atom stereocenters. The minimum absolute atomic E-state index is 0.0291. The van der Waals surface area contributed by atoms with Crippen molar-refractivity contribution in [3.8, 4) is 0 Å². The number of hydrogen-bond acceptors (Lipinski definition) is 3. The van der Waals surface area contributed by atoms with Crippen LogP contribution in [0.5, 0.6) is 0 Å². The van der Waals surface area contributed by atoms with Crippen LogP contribution in [0.15, 0.2) is 24.3 Å². The standard InChI is InChI=1S/C10H8O3/c11-5-1-2-6(12)10-8-4-3-7(13-8)9(5)10/h1-4,7-10H. The minimum Gasteiger partial charge on any atom is -0.365 e. The number of fused-ring (bicyclic) bond motifs is 5. The van der Waals surface area contributed by atoms with Crippen LogP contribution in [-0.2, 0) is 14.3 Å². The Morgan fingerprint density at radius 2 is 1.38 bits per heavy atom. The molecule has 1 saturated heterocycles. The van der Waals surface area contributed by atoms with E-state index in [-0.39, 0.29) is 35.6 Å². The summed E-state index contributed by atoms with van der Waals surface area (Å²) in [6.07, 6.45) is 6.21. The van der Waals surface area contributed by atoms with Crippen LogP contribution in [0, 0.1) is 11.8 Å². The lowest BCUT2D eigenvalue weighted by Gasteiger charge is -2.23. The van der Waals surface area contributed by atoms with Gasteiger partial charge in [-0.05, 0) is 12.2 Å². The molecule has 66 valence electrons. The van der Waals surface area contributed by atoms with Gasteiger partial charge in [-0.2, -0.15) is 0 Å². The zero-order valence-corrected chi connectivity index (χ0v) is 6.84. The molecule has 4 atom stereocenters. The second-order valence-electron chi connectivity index (χ2n) is 3.64. The van der Waals surface area contributed by atoms with Crippen molar-refractivity contribution in [2.24, 2.45) is 11.8 Å². The first-order chi connectivity index (χ1) is 6.27. The minimum atomic E-state index is -0.243. The fourth-order valence-corrected chi connectivity index (χ4v) is 2.37. The van der Waals surface area contributed by atoms with Crippen molar-refractivity contribution in [1.29, 1.82) is 0 Å². The summed E-state index contributed by atoms with van der Waals surface area (Å²) in [4.78, 5) is 22.9. The van der Waals surface area contributed by atoms with Gasteiger partial charge in [0.25, 0.3) is 0 Å². The quantitative estimate of drug-likeness (QED) is 0.497. The lowest BCUT2D eigenvalue weighted by atomic mass is 9.75. The van der Waals surface area contributed by atoms with E-state index in [1.165, 1.54) is 12.2 Å². The van der Waals surface area contributed by atoms with E-state index in [0.29, 0.717) is 0 Å². The monoisotopic (exact) mass is 176 g/mol. The van der Waals surface area contributed by atoms with Gasteiger partial charge in [0.15, 0.2) is 11.6 Å². The predicted molar refractivity (Wildman–Crippen MR) is 43.9 cm³/mol. The van der Waals surface area contributed by atoms with Crippen LogP contribution < -0.4 is 0 Å². The van der Waals surface area contributed by atoms with E-state index in [9.17, 15) is 9.59 Å². The number of carbonyl (C=O) groups is 2. The lowest BCUT2D eigenvalue weighted by Crippen LogP contribution is -2.37. The molecular weight excluding hydrogens is 168 g/mol. The fraction of sp³-hybridized carbons (Fsp3) is 0.400. The van der Waals surface area contributed by atoms with Gasteiger partial charge in [0.05, 0.1) is 24.0 Å². The molecule has 3 rings (SSSR count). The van der Waals surface area contributed by atoms with Crippen molar-refractivity contribution in [2.45, 2.75) is 12.2 Å². The van der Waals surface area contributed by atoms with Gasteiger partial charge in [0, 0.05) is 0 Å². The van der Waals surface area contributed by atoms with Gasteiger partial charge in [-0.1, -0.05) is 12.2 Å². The zero-order valence-electron chi connectivity index (χ0n) is 6.84. The molecule has 3 heteroatoms. The average molecular weight is 176 g/mol. The predicted octanol–water partition coefficient (Wildman–Crippen LogP) is 0.264. The summed E-state index contributed by atoms with van der Waals surface area (Å²) in [6, 6.07) is 0. The molecule has 0 radical (unpaired) electrons. The lowest BCUT2D eigenvalue weighted by molar-refractivity contribution is -0.128. The molecule has 0 spiro atoms. The highest BCUT2D eigenvalue weighted by molar-refractivity contribution is 6.08. The van der Waals surface area contributed by atoms with E-state index in [4.69, 9.17) is 4.74 Å². The summed E-state index contributed by atoms with van der Waals surface area (Å²) in [7, 11) is 0. The molecular formula is C10H8O3. The molecule has 0 amide bonds. The van der Waals surface area contributed by atoms with Crippen molar-refractivity contribution < 1.29 is 14.3 Å². The summed E-state index contributed by atoms with van der Waals surface area (Å²) < 4.78 is 5.47. The van der Waals surface area contributed by atoms with Crippen LogP contribution in [0.4, 0.5) is 0 Å². The number of carbonyl (C=O) groups excluding carboxylic acids is 2. The molecule has 2 heterocycles. The Morgan fingerprint density at radius 3 is 1.85 bits per heavy atom. The summed E-state index contributed by atoms with van der Waals surface area (Å²) >= 11 is 0. The SMILES string of the molecule is O=C1C=CC(=O)C2C3C=CC(O3)C12. The van der Waals surface area contributed by atoms with Crippen molar-refractivity contribution in [2.75, 3.05) is 0 Å². The van der Waals surface area contributed by atoms with Crippen LogP contribution in [0.3, 0.4) is 0 Å². The van der Waals surface area contributed by atoms with Crippen molar-refractivity contribution in [3.05, 3.63) is 24.3 Å². The van der Waals surface area contributed by atoms with Crippen LogP contribution >= 0.6 is 0 Å². The van der Waals surface area contributed by atoms with Crippen molar-refractivity contribution >= 4 is 11.6 Å². The summed E-state index contributed by atoms with van der Waals surface area (Å²) in [5.41, 5.74) is 0. The van der Waals surface area contributed by atoms with Gasteiger partial charge >= 0.3 is 0 Å². The highest BCUT2D eigenvalue weighted by atomic mass is 16.5. The molecule has 3 nitrogen and oxygen atoms in total. The highest BCUT2D eigenvalue weighted by Crippen LogP contribution is 2.41. The normalized spacial score (nSPS) is 45.8. The third kappa shape index (κ3) is 0.773. The molecule has 0 aromatic heterocycles. The average Bonchev–Trinajstić information content (AvgIpc) is 2.70. The second kappa shape index (κ2) is 2.17. The number of rotatable bonds is 0. The Bertz CT molecular complexity index is 321. The number of ketones is 2. The molecule has 0 aromatic rings. The van der Waals surface area contributed by atoms with Crippen molar-refractivity contribution in [1.82, 2.24) is 0 Å². The smallest absolute Gasteiger partial charge is 0.162 e. The summed E-state index contributed by atoms with van der Waals surface area (Å²) in [6.45, 7) is 0. The third-order valence-corrected chi connectivity index (χ3v) is 2.97. The maximum Gasteiger partial charge on any atom is 0.162 e. The van der Waals surface area contributed by atoms with Crippen LogP contribution in [0.25, 0.3) is 0 Å². The van der Waals surface area contributed by atoms with Crippen LogP contribution in [-0.4, -0.2) is 23.8 Å². The van der Waals surface area contributed by atoms with Gasteiger partial charge in [0.2, 0.25) is 0 Å². The second-order valence-corrected chi connectivity index (χ2v) is 3.64. The van der Waals surface area contributed by atoms with Crippen LogP contribution in [0.2, 0.25) is 0 Å². The molecule has 0 N–H and O–H groups in total. The number of ether oxygens (including phenoxy) is 1. The van der Waals surface area contributed by atoms with Gasteiger partial charge in [-0.25, -0.2) is 0 Å². The highest BCUT2D eigenvalue weighted by Gasteiger charge is 2.52. The maximum atomic E-state index is 11.5. The van der Waals surface area contributed by atoms with Crippen molar-refractivity contribution in [3.63, 3.8) is 0 Å². The molecule has 13 heavy (non-hydrogen) atoms. The molecule has 0 saturated carbocycles. The van der Waals surface area contributed by atoms with E-state index >= 15 is 0 Å². The first kappa shape index (κ1) is 7.21. The first-order valence-corrected chi connectivity index (χ1v) is 4.37. The molecule has 3 aliphatic rings. The number of hydrogen-bond donors (Lipinski definition) is 0. The van der Waals surface area contributed by atoms with Crippen LogP contribution in [0.1, 0.15) is 0 Å². The third-order valence-electron chi connectivity index (χ3n) is 2.97. The van der Waals surface area contributed by atoms with Gasteiger partial charge in [-0.15, -0.1) is 0 Å². The summed E-state index contributed by atoms with van der Waals surface area (Å²) in [5.74, 6) is -0.428. The van der Waals surface area contributed by atoms with E-state index in [1.807, 2.05) is 12.2 Å². The molecule has 0 aromatic carbocycles. The zero-order chi connectivity index (χ0) is 9.00.